The van der Waals surface area contributed by atoms with Gasteiger partial charge in [-0.1, -0.05) is 69.9 Å². The summed E-state index contributed by atoms with van der Waals surface area (Å²) in [5, 5.41) is 7.19. The number of fused-ring (bicyclic) bond motifs is 1. The van der Waals surface area contributed by atoms with Gasteiger partial charge in [0.15, 0.2) is 0 Å². The van der Waals surface area contributed by atoms with Crippen LogP contribution in [0.5, 0.6) is 5.75 Å². The number of esters is 2. The molecule has 2 aromatic carbocycles. The van der Waals surface area contributed by atoms with Crippen LogP contribution in [0.25, 0.3) is 0 Å². The van der Waals surface area contributed by atoms with E-state index >= 15 is 0 Å². The molecular formula is C32H48N2O7S. The molecule has 0 saturated heterocycles. The smallest absolute Gasteiger partial charge is 0.307 e. The summed E-state index contributed by atoms with van der Waals surface area (Å²) in [5.74, 6) is -0.106. The largest absolute Gasteiger partial charge is 0.496 e. The summed E-state index contributed by atoms with van der Waals surface area (Å²) in [7, 11) is 0.971. The van der Waals surface area contributed by atoms with E-state index in [1.54, 1.807) is 7.11 Å². The molecule has 0 fully saturated rings. The molecule has 234 valence electrons. The number of hydrogen-bond acceptors (Lipinski definition) is 9. The molecule has 10 heteroatoms. The van der Waals surface area contributed by atoms with E-state index in [4.69, 9.17) is 14.2 Å². The second kappa shape index (κ2) is 15.7. The van der Waals surface area contributed by atoms with Crippen molar-refractivity contribution >= 4 is 22.5 Å². The zero-order chi connectivity index (χ0) is 30.8. The van der Waals surface area contributed by atoms with Crippen molar-refractivity contribution in [1.82, 2.24) is 10.6 Å². The lowest BCUT2D eigenvalue weighted by molar-refractivity contribution is -0.143. The normalized spacial score (nSPS) is 18.0. The summed E-state index contributed by atoms with van der Waals surface area (Å²) >= 11 is 0. The fourth-order valence-corrected chi connectivity index (χ4v) is 7.92. The Morgan fingerprint density at radius 1 is 1.00 bits per heavy atom. The standard InChI is InChI=1S/C32H48N2O7S/c1-6-8-15-32(16-9-7-2)22-42(37,38)28-17-24(21-33-25(18-29(35)40-4)19-30(36)41-5)27(39-3)20-26(28)31(34-32)23-13-11-10-12-14-23/h10-14,17,20,25,31,33-34,37-38H,6-9,15-16,18-19,21-22H2,1-5H3. The Kier molecular flexibility index (Phi) is 12.7. The van der Waals surface area contributed by atoms with Gasteiger partial charge in [0.2, 0.25) is 0 Å². The first-order chi connectivity index (χ1) is 20.1. The van der Waals surface area contributed by atoms with Crippen molar-refractivity contribution in [3.8, 4) is 5.75 Å². The number of rotatable bonds is 15. The van der Waals surface area contributed by atoms with Crippen LogP contribution in [0.4, 0.5) is 0 Å². The third kappa shape index (κ3) is 8.70. The minimum atomic E-state index is -3.21. The molecule has 0 radical (unpaired) electrons. The second-order valence-corrected chi connectivity index (χ2v) is 13.2. The van der Waals surface area contributed by atoms with Gasteiger partial charge in [-0.2, -0.15) is 10.6 Å². The maximum atomic E-state index is 12.0. The van der Waals surface area contributed by atoms with Crippen LogP contribution >= 0.6 is 10.6 Å². The molecule has 0 bridgehead atoms. The SMILES string of the molecule is CCCCC1(CCCC)CS(O)(O)c2cc(CNC(CC(=O)OC)CC(=O)OC)c(OC)cc2C(c2ccccc2)N1. The van der Waals surface area contributed by atoms with E-state index in [9.17, 15) is 18.7 Å². The van der Waals surface area contributed by atoms with Gasteiger partial charge in [-0.05, 0) is 30.5 Å². The molecule has 42 heavy (non-hydrogen) atoms. The van der Waals surface area contributed by atoms with Crippen molar-refractivity contribution in [2.24, 2.45) is 0 Å². The van der Waals surface area contributed by atoms with Crippen molar-refractivity contribution < 1.29 is 32.9 Å². The summed E-state index contributed by atoms with van der Waals surface area (Å²) < 4.78 is 39.2. The number of ether oxygens (including phenoxy) is 3. The van der Waals surface area contributed by atoms with Gasteiger partial charge in [0, 0.05) is 29.3 Å². The van der Waals surface area contributed by atoms with E-state index < -0.39 is 34.1 Å². The van der Waals surface area contributed by atoms with Crippen LogP contribution in [-0.4, -0.2) is 59.7 Å². The predicted octanol–water partition coefficient (Wildman–Crippen LogP) is 6.20. The van der Waals surface area contributed by atoms with E-state index in [0.717, 1.165) is 49.7 Å². The number of unbranched alkanes of at least 4 members (excludes halogenated alkanes) is 2. The fraction of sp³-hybridized carbons (Fsp3) is 0.562. The van der Waals surface area contributed by atoms with Crippen LogP contribution in [0.1, 0.15) is 87.9 Å². The number of methoxy groups -OCH3 is 3. The van der Waals surface area contributed by atoms with Crippen LogP contribution < -0.4 is 15.4 Å². The number of carbonyl (C=O) groups is 2. The lowest BCUT2D eigenvalue weighted by Gasteiger charge is -2.42. The molecule has 1 atom stereocenters. The molecule has 1 heterocycles. The third-order valence-electron chi connectivity index (χ3n) is 8.02. The molecular weight excluding hydrogens is 556 g/mol. The maximum Gasteiger partial charge on any atom is 0.307 e. The van der Waals surface area contributed by atoms with Gasteiger partial charge in [0.05, 0.1) is 50.9 Å². The first-order valence-corrected chi connectivity index (χ1v) is 16.5. The van der Waals surface area contributed by atoms with Gasteiger partial charge in [0.25, 0.3) is 0 Å². The van der Waals surface area contributed by atoms with Crippen molar-refractivity contribution in [1.29, 1.82) is 0 Å². The van der Waals surface area contributed by atoms with Crippen LogP contribution in [0.2, 0.25) is 0 Å². The Morgan fingerprint density at radius 2 is 1.60 bits per heavy atom. The van der Waals surface area contributed by atoms with E-state index in [1.807, 2.05) is 30.3 Å². The van der Waals surface area contributed by atoms with E-state index in [0.29, 0.717) is 16.2 Å². The minimum Gasteiger partial charge on any atom is -0.496 e. The molecule has 0 amide bonds. The van der Waals surface area contributed by atoms with Gasteiger partial charge in [0.1, 0.15) is 5.75 Å². The highest BCUT2D eigenvalue weighted by atomic mass is 32.3. The molecule has 0 aromatic heterocycles. The second-order valence-electron chi connectivity index (χ2n) is 11.1. The molecule has 0 saturated carbocycles. The summed E-state index contributed by atoms with van der Waals surface area (Å²) in [5.41, 5.74) is 2.05. The monoisotopic (exact) mass is 604 g/mol. The van der Waals surface area contributed by atoms with E-state index in [1.165, 1.54) is 14.2 Å². The number of carbonyl (C=O) groups excluding carboxylic acids is 2. The van der Waals surface area contributed by atoms with Crippen LogP contribution in [-0.2, 0) is 25.6 Å². The van der Waals surface area contributed by atoms with Crippen molar-refractivity contribution in [3.05, 3.63) is 59.2 Å². The van der Waals surface area contributed by atoms with Gasteiger partial charge in [-0.15, -0.1) is 0 Å². The summed E-state index contributed by atoms with van der Waals surface area (Å²) in [4.78, 5) is 24.5. The van der Waals surface area contributed by atoms with Gasteiger partial charge in [-0.25, -0.2) is 0 Å². The fourth-order valence-electron chi connectivity index (χ4n) is 5.74. The van der Waals surface area contributed by atoms with Gasteiger partial charge < -0.3 is 19.5 Å². The number of hydrogen-bond donors (Lipinski definition) is 4. The van der Waals surface area contributed by atoms with Gasteiger partial charge >= 0.3 is 11.9 Å². The lowest BCUT2D eigenvalue weighted by atomic mass is 9.86. The Bertz CT molecular complexity index is 1150. The topological polar surface area (TPSA) is 126 Å². The quantitative estimate of drug-likeness (QED) is 0.176. The number of benzene rings is 2. The Hall–Kier alpha value is -2.63. The van der Waals surface area contributed by atoms with Crippen molar-refractivity contribution in [2.75, 3.05) is 27.1 Å². The van der Waals surface area contributed by atoms with Crippen LogP contribution in [0.3, 0.4) is 0 Å². The average molecular weight is 605 g/mol. The zero-order valence-electron chi connectivity index (χ0n) is 25.6. The highest BCUT2D eigenvalue weighted by Crippen LogP contribution is 2.58. The molecule has 4 N–H and O–H groups in total. The number of nitrogens with one attached hydrogen (secondary N) is 2. The Labute approximate surface area is 252 Å². The van der Waals surface area contributed by atoms with Crippen molar-refractivity contribution in [3.63, 3.8) is 0 Å². The first kappa shape index (κ1) is 33.9. The Morgan fingerprint density at radius 3 is 2.12 bits per heavy atom. The molecule has 3 rings (SSSR count). The minimum absolute atomic E-state index is 0.0224. The molecule has 1 aliphatic heterocycles. The highest BCUT2D eigenvalue weighted by molar-refractivity contribution is 8.24. The molecule has 0 aliphatic carbocycles. The van der Waals surface area contributed by atoms with Crippen molar-refractivity contribution in [2.45, 2.75) is 94.3 Å². The lowest BCUT2D eigenvalue weighted by Crippen LogP contribution is -2.50. The molecule has 9 nitrogen and oxygen atoms in total. The molecule has 0 spiro atoms. The highest BCUT2D eigenvalue weighted by Gasteiger charge is 2.43. The molecule has 1 unspecified atom stereocenters. The van der Waals surface area contributed by atoms with E-state index in [2.05, 4.69) is 36.6 Å². The summed E-state index contributed by atoms with van der Waals surface area (Å²) in [6.07, 6.45) is 5.61. The molecule has 2 aromatic rings. The average Bonchev–Trinajstić information content (AvgIpc) is 3.09. The first-order valence-electron chi connectivity index (χ1n) is 14.8. The maximum absolute atomic E-state index is 12.0. The zero-order valence-corrected chi connectivity index (χ0v) is 26.4. The van der Waals surface area contributed by atoms with Crippen LogP contribution in [0.15, 0.2) is 47.4 Å². The third-order valence-corrected chi connectivity index (χ3v) is 10.0. The van der Waals surface area contributed by atoms with Crippen LogP contribution in [0, 0.1) is 0 Å². The predicted molar refractivity (Wildman–Crippen MR) is 166 cm³/mol. The van der Waals surface area contributed by atoms with E-state index in [-0.39, 0.29) is 31.2 Å². The summed E-state index contributed by atoms with van der Waals surface area (Å²) in [6, 6.07) is 13.0. The Balaban J connectivity index is 2.10. The summed E-state index contributed by atoms with van der Waals surface area (Å²) in [6.45, 7) is 4.54. The van der Waals surface area contributed by atoms with Gasteiger partial charge in [-0.3, -0.25) is 24.0 Å². The molecule has 1 aliphatic rings.